The van der Waals surface area contributed by atoms with Crippen LogP contribution < -0.4 is 5.32 Å². The van der Waals surface area contributed by atoms with Gasteiger partial charge >= 0.3 is 0 Å². The summed E-state index contributed by atoms with van der Waals surface area (Å²) >= 11 is 0. The van der Waals surface area contributed by atoms with Crippen molar-refractivity contribution in [3.63, 3.8) is 0 Å². The van der Waals surface area contributed by atoms with E-state index in [9.17, 15) is 4.39 Å². The second kappa shape index (κ2) is 7.80. The number of hydrogen-bond donors (Lipinski definition) is 1. The van der Waals surface area contributed by atoms with Gasteiger partial charge in [-0.05, 0) is 24.1 Å². The highest BCUT2D eigenvalue weighted by Crippen LogP contribution is 2.09. The molecule has 0 aliphatic carbocycles. The highest BCUT2D eigenvalue weighted by atomic mass is 19.1. The zero-order chi connectivity index (χ0) is 13.4. The third-order valence-corrected chi connectivity index (χ3v) is 2.36. The lowest BCUT2D eigenvalue weighted by Gasteiger charge is -2.08. The van der Waals surface area contributed by atoms with Crippen LogP contribution in [0.15, 0.2) is 18.2 Å². The molecular formula is C14H19FN2O. The Morgan fingerprint density at radius 2 is 2.22 bits per heavy atom. The summed E-state index contributed by atoms with van der Waals surface area (Å²) in [6, 6.07) is 6.37. The van der Waals surface area contributed by atoms with Crippen molar-refractivity contribution >= 4 is 0 Å². The highest BCUT2D eigenvalue weighted by molar-refractivity contribution is 5.33. The van der Waals surface area contributed by atoms with E-state index in [4.69, 9.17) is 10.00 Å². The van der Waals surface area contributed by atoms with Gasteiger partial charge in [-0.3, -0.25) is 0 Å². The van der Waals surface area contributed by atoms with Crippen molar-refractivity contribution in [3.05, 3.63) is 35.1 Å². The lowest BCUT2D eigenvalue weighted by atomic mass is 10.1. The predicted octanol–water partition coefficient (Wildman–Crippen LogP) is 2.46. The van der Waals surface area contributed by atoms with E-state index >= 15 is 0 Å². The summed E-state index contributed by atoms with van der Waals surface area (Å²) in [6.07, 6.45) is 0. The van der Waals surface area contributed by atoms with Gasteiger partial charge < -0.3 is 10.1 Å². The Hall–Kier alpha value is -1.44. The molecule has 1 N–H and O–H groups in total. The van der Waals surface area contributed by atoms with Gasteiger partial charge in [0.1, 0.15) is 5.82 Å². The molecule has 0 saturated heterocycles. The lowest BCUT2D eigenvalue weighted by molar-refractivity contribution is 0.111. The fourth-order valence-electron chi connectivity index (χ4n) is 1.47. The van der Waals surface area contributed by atoms with Gasteiger partial charge in [-0.2, -0.15) is 5.26 Å². The van der Waals surface area contributed by atoms with Crippen LogP contribution in [-0.2, 0) is 11.3 Å². The molecule has 1 rings (SSSR count). The van der Waals surface area contributed by atoms with E-state index in [1.165, 1.54) is 12.1 Å². The van der Waals surface area contributed by atoms with Crippen LogP contribution in [0, 0.1) is 23.1 Å². The van der Waals surface area contributed by atoms with Crippen LogP contribution in [0.5, 0.6) is 0 Å². The van der Waals surface area contributed by atoms with Crippen LogP contribution in [0.1, 0.15) is 25.0 Å². The Kier molecular flexibility index (Phi) is 6.34. The smallest absolute Gasteiger partial charge is 0.127 e. The first-order chi connectivity index (χ1) is 8.63. The number of benzene rings is 1. The molecule has 4 heteroatoms. The fraction of sp³-hybridized carbons (Fsp3) is 0.500. The number of ether oxygens (including phenoxy) is 1. The molecule has 0 amide bonds. The first kappa shape index (κ1) is 14.6. The van der Waals surface area contributed by atoms with Gasteiger partial charge in [-0.1, -0.05) is 13.8 Å². The molecule has 0 atom stereocenters. The van der Waals surface area contributed by atoms with Gasteiger partial charge in [0.25, 0.3) is 0 Å². The van der Waals surface area contributed by atoms with E-state index in [0.29, 0.717) is 36.7 Å². The molecule has 0 radical (unpaired) electrons. The van der Waals surface area contributed by atoms with Crippen LogP contribution in [0.3, 0.4) is 0 Å². The van der Waals surface area contributed by atoms with Crippen molar-refractivity contribution in [2.45, 2.75) is 20.4 Å². The van der Waals surface area contributed by atoms with Crippen LogP contribution in [0.25, 0.3) is 0 Å². The molecule has 0 saturated carbocycles. The van der Waals surface area contributed by atoms with Crippen molar-refractivity contribution in [3.8, 4) is 6.07 Å². The quantitative estimate of drug-likeness (QED) is 0.756. The highest BCUT2D eigenvalue weighted by Gasteiger charge is 2.03. The van der Waals surface area contributed by atoms with Crippen molar-refractivity contribution in [2.24, 2.45) is 5.92 Å². The third kappa shape index (κ3) is 5.26. The third-order valence-electron chi connectivity index (χ3n) is 2.36. The summed E-state index contributed by atoms with van der Waals surface area (Å²) in [5, 5.41) is 11.8. The Balaban J connectivity index is 2.29. The maximum atomic E-state index is 13.4. The number of nitriles is 1. The number of halogens is 1. The Labute approximate surface area is 108 Å². The van der Waals surface area contributed by atoms with E-state index in [0.717, 1.165) is 6.61 Å². The first-order valence-electron chi connectivity index (χ1n) is 6.10. The summed E-state index contributed by atoms with van der Waals surface area (Å²) in [7, 11) is 0. The molecule has 0 bridgehead atoms. The topological polar surface area (TPSA) is 45.0 Å². The molecule has 98 valence electrons. The number of nitrogens with one attached hydrogen (secondary N) is 1. The van der Waals surface area contributed by atoms with E-state index in [1.54, 1.807) is 6.07 Å². The van der Waals surface area contributed by atoms with Crippen LogP contribution >= 0.6 is 0 Å². The molecule has 0 fully saturated rings. The van der Waals surface area contributed by atoms with Crippen molar-refractivity contribution in [1.82, 2.24) is 5.32 Å². The molecule has 1 aromatic carbocycles. The SMILES string of the molecule is CC(C)COCCNCc1cc(C#N)ccc1F. The van der Waals surface area contributed by atoms with Crippen molar-refractivity contribution in [2.75, 3.05) is 19.8 Å². The Bertz CT molecular complexity index is 413. The maximum absolute atomic E-state index is 13.4. The van der Waals surface area contributed by atoms with Crippen molar-refractivity contribution < 1.29 is 9.13 Å². The van der Waals surface area contributed by atoms with E-state index < -0.39 is 0 Å². The molecule has 0 aliphatic rings. The van der Waals surface area contributed by atoms with Gasteiger partial charge in [0.15, 0.2) is 0 Å². The maximum Gasteiger partial charge on any atom is 0.127 e. The summed E-state index contributed by atoms with van der Waals surface area (Å²) in [5.41, 5.74) is 0.988. The second-order valence-corrected chi connectivity index (χ2v) is 4.56. The number of nitrogens with zero attached hydrogens (tertiary/aromatic N) is 1. The van der Waals surface area contributed by atoms with Gasteiger partial charge in [-0.25, -0.2) is 4.39 Å². The minimum absolute atomic E-state index is 0.287. The zero-order valence-corrected chi connectivity index (χ0v) is 10.9. The average Bonchev–Trinajstić information content (AvgIpc) is 2.35. The molecule has 0 heterocycles. The molecule has 0 aromatic heterocycles. The first-order valence-corrected chi connectivity index (χ1v) is 6.10. The lowest BCUT2D eigenvalue weighted by Crippen LogP contribution is -2.20. The largest absolute Gasteiger partial charge is 0.380 e. The summed E-state index contributed by atoms with van der Waals surface area (Å²) < 4.78 is 18.8. The van der Waals surface area contributed by atoms with Crippen LogP contribution in [0.2, 0.25) is 0 Å². The normalized spacial score (nSPS) is 10.6. The number of rotatable bonds is 7. The average molecular weight is 250 g/mol. The van der Waals surface area contributed by atoms with E-state index in [-0.39, 0.29) is 5.82 Å². The Morgan fingerprint density at radius 3 is 2.89 bits per heavy atom. The molecule has 18 heavy (non-hydrogen) atoms. The van der Waals surface area contributed by atoms with Gasteiger partial charge in [0.05, 0.1) is 18.2 Å². The number of hydrogen-bond acceptors (Lipinski definition) is 3. The minimum Gasteiger partial charge on any atom is -0.380 e. The fourth-order valence-corrected chi connectivity index (χ4v) is 1.47. The monoisotopic (exact) mass is 250 g/mol. The molecule has 3 nitrogen and oxygen atoms in total. The summed E-state index contributed by atoms with van der Waals surface area (Å²) in [4.78, 5) is 0. The van der Waals surface area contributed by atoms with Gasteiger partial charge in [0, 0.05) is 25.3 Å². The predicted molar refractivity (Wildman–Crippen MR) is 68.5 cm³/mol. The van der Waals surface area contributed by atoms with E-state index in [2.05, 4.69) is 19.2 Å². The van der Waals surface area contributed by atoms with Crippen LogP contribution in [0.4, 0.5) is 4.39 Å². The standard InChI is InChI=1S/C14H19FN2O/c1-11(2)10-18-6-5-17-9-13-7-12(8-16)3-4-14(13)15/h3-4,7,11,17H,5-6,9-10H2,1-2H3. The minimum atomic E-state index is -0.287. The summed E-state index contributed by atoms with van der Waals surface area (Å²) in [5.74, 6) is 0.236. The molecule has 1 aromatic rings. The molecule has 0 spiro atoms. The van der Waals surface area contributed by atoms with Gasteiger partial charge in [0.2, 0.25) is 0 Å². The molecular weight excluding hydrogens is 231 g/mol. The van der Waals surface area contributed by atoms with E-state index in [1.807, 2.05) is 6.07 Å². The molecule has 0 unspecified atom stereocenters. The Morgan fingerprint density at radius 1 is 1.44 bits per heavy atom. The summed E-state index contributed by atoms with van der Waals surface area (Å²) in [6.45, 7) is 6.61. The van der Waals surface area contributed by atoms with Crippen LogP contribution in [-0.4, -0.2) is 19.8 Å². The van der Waals surface area contributed by atoms with Gasteiger partial charge in [-0.15, -0.1) is 0 Å². The second-order valence-electron chi connectivity index (χ2n) is 4.56. The zero-order valence-electron chi connectivity index (χ0n) is 10.9. The van der Waals surface area contributed by atoms with Crippen molar-refractivity contribution in [1.29, 1.82) is 5.26 Å². The molecule has 0 aliphatic heterocycles.